The molecule has 2 heterocycles. The van der Waals surface area contributed by atoms with Gasteiger partial charge in [0.2, 0.25) is 0 Å². The van der Waals surface area contributed by atoms with Crippen molar-refractivity contribution in [2.75, 3.05) is 6.61 Å². The SMILES string of the molecule is Cc1ccc(C(C)C)c(OCC(=O)OCc2cc(=O)n3c(C)csc3n2)c1. The van der Waals surface area contributed by atoms with Gasteiger partial charge in [0.05, 0.1) is 5.69 Å². The Kier molecular flexibility index (Phi) is 5.60. The third-order valence-electron chi connectivity index (χ3n) is 4.15. The molecule has 0 aliphatic carbocycles. The quantitative estimate of drug-likeness (QED) is 0.605. The van der Waals surface area contributed by atoms with Gasteiger partial charge < -0.3 is 9.47 Å². The number of carbonyl (C=O) groups excluding carboxylic acids is 1. The van der Waals surface area contributed by atoms with Crippen LogP contribution in [-0.2, 0) is 16.1 Å². The summed E-state index contributed by atoms with van der Waals surface area (Å²) in [5.74, 6) is 0.471. The third-order valence-corrected chi connectivity index (χ3v) is 5.09. The highest BCUT2D eigenvalue weighted by Gasteiger charge is 2.12. The van der Waals surface area contributed by atoms with Crippen molar-refractivity contribution in [3.05, 3.63) is 62.5 Å². The number of nitrogens with zero attached hydrogens (tertiary/aromatic N) is 2. The summed E-state index contributed by atoms with van der Waals surface area (Å²) in [4.78, 5) is 29.1. The van der Waals surface area contributed by atoms with Crippen molar-refractivity contribution in [2.24, 2.45) is 0 Å². The lowest BCUT2D eigenvalue weighted by atomic mass is 10.0. The van der Waals surface area contributed by atoms with E-state index in [1.807, 2.05) is 37.4 Å². The van der Waals surface area contributed by atoms with Gasteiger partial charge in [-0.25, -0.2) is 9.78 Å². The van der Waals surface area contributed by atoms with Crippen LogP contribution in [0.25, 0.3) is 4.96 Å². The molecule has 3 aromatic rings. The van der Waals surface area contributed by atoms with E-state index in [0.29, 0.717) is 16.4 Å². The molecule has 1 aromatic carbocycles. The van der Waals surface area contributed by atoms with Crippen LogP contribution < -0.4 is 10.3 Å². The Balaban J connectivity index is 1.62. The maximum atomic E-state index is 12.1. The molecular formula is C20H22N2O4S. The van der Waals surface area contributed by atoms with Crippen LogP contribution in [0.5, 0.6) is 5.75 Å². The zero-order valence-corrected chi connectivity index (χ0v) is 16.6. The summed E-state index contributed by atoms with van der Waals surface area (Å²) in [5, 5.41) is 1.86. The average molecular weight is 386 g/mol. The van der Waals surface area contributed by atoms with Crippen LogP contribution in [0, 0.1) is 13.8 Å². The maximum absolute atomic E-state index is 12.1. The lowest BCUT2D eigenvalue weighted by Crippen LogP contribution is -2.18. The second-order valence-electron chi connectivity index (χ2n) is 6.73. The lowest BCUT2D eigenvalue weighted by molar-refractivity contribution is -0.147. The number of hydrogen-bond acceptors (Lipinski definition) is 6. The number of benzene rings is 1. The van der Waals surface area contributed by atoms with E-state index in [9.17, 15) is 9.59 Å². The van der Waals surface area contributed by atoms with E-state index in [-0.39, 0.29) is 24.7 Å². The minimum Gasteiger partial charge on any atom is -0.482 e. The van der Waals surface area contributed by atoms with Gasteiger partial charge in [0.1, 0.15) is 12.4 Å². The first kappa shape index (κ1) is 19.1. The standard InChI is InChI=1S/C20H22N2O4S/c1-12(2)16-6-5-13(3)7-17(16)25-10-19(24)26-9-15-8-18(23)22-14(4)11-27-20(22)21-15/h5-8,11-12H,9-10H2,1-4H3. The summed E-state index contributed by atoms with van der Waals surface area (Å²) in [6, 6.07) is 7.33. The highest BCUT2D eigenvalue weighted by atomic mass is 32.1. The Morgan fingerprint density at radius 1 is 1.26 bits per heavy atom. The van der Waals surface area contributed by atoms with E-state index in [4.69, 9.17) is 9.47 Å². The summed E-state index contributed by atoms with van der Waals surface area (Å²) in [6.45, 7) is 7.71. The van der Waals surface area contributed by atoms with E-state index < -0.39 is 5.97 Å². The molecule has 0 aliphatic rings. The number of aromatic nitrogens is 2. The Labute approximate surface area is 161 Å². The molecule has 0 unspecified atom stereocenters. The van der Waals surface area contributed by atoms with Crippen molar-refractivity contribution < 1.29 is 14.3 Å². The largest absolute Gasteiger partial charge is 0.482 e. The Bertz CT molecular complexity index is 1040. The van der Waals surface area contributed by atoms with Crippen molar-refractivity contribution in [1.82, 2.24) is 9.38 Å². The van der Waals surface area contributed by atoms with Gasteiger partial charge in [0.15, 0.2) is 11.6 Å². The number of esters is 1. The number of fused-ring (bicyclic) bond motifs is 1. The molecule has 0 radical (unpaired) electrons. The first-order valence-electron chi connectivity index (χ1n) is 8.71. The number of ether oxygens (including phenoxy) is 2. The molecule has 7 heteroatoms. The average Bonchev–Trinajstić information content (AvgIpc) is 2.99. The second-order valence-corrected chi connectivity index (χ2v) is 7.56. The summed E-state index contributed by atoms with van der Waals surface area (Å²) in [5.41, 5.74) is 3.19. The molecule has 0 aliphatic heterocycles. The van der Waals surface area contributed by atoms with Crippen LogP contribution in [0.1, 0.15) is 42.3 Å². The minimum atomic E-state index is -0.504. The molecule has 2 aromatic heterocycles. The zero-order valence-electron chi connectivity index (χ0n) is 15.8. The van der Waals surface area contributed by atoms with Gasteiger partial charge in [-0.2, -0.15) is 0 Å². The number of hydrogen-bond donors (Lipinski definition) is 0. The molecule has 3 rings (SSSR count). The van der Waals surface area contributed by atoms with Crippen molar-refractivity contribution >= 4 is 22.3 Å². The fourth-order valence-corrected chi connectivity index (χ4v) is 3.64. The monoisotopic (exact) mass is 386 g/mol. The summed E-state index contributed by atoms with van der Waals surface area (Å²) >= 11 is 1.38. The first-order valence-corrected chi connectivity index (χ1v) is 9.59. The van der Waals surface area contributed by atoms with E-state index in [0.717, 1.165) is 16.8 Å². The molecular weight excluding hydrogens is 364 g/mol. The van der Waals surface area contributed by atoms with E-state index in [1.165, 1.54) is 21.8 Å². The first-order chi connectivity index (χ1) is 12.8. The molecule has 27 heavy (non-hydrogen) atoms. The number of aryl methyl sites for hydroxylation is 2. The van der Waals surface area contributed by atoms with Gasteiger partial charge >= 0.3 is 5.97 Å². The van der Waals surface area contributed by atoms with Crippen LogP contribution in [0.15, 0.2) is 34.4 Å². The molecule has 0 saturated heterocycles. The number of thiazole rings is 1. The second kappa shape index (κ2) is 7.92. The predicted molar refractivity (Wildman–Crippen MR) is 105 cm³/mol. The molecule has 0 saturated carbocycles. The number of carbonyl (C=O) groups is 1. The van der Waals surface area contributed by atoms with E-state index in [1.54, 1.807) is 0 Å². The lowest BCUT2D eigenvalue weighted by Gasteiger charge is -2.14. The van der Waals surface area contributed by atoms with Gasteiger partial charge in [0.25, 0.3) is 5.56 Å². The summed E-state index contributed by atoms with van der Waals surface area (Å²) in [6.07, 6.45) is 0. The topological polar surface area (TPSA) is 69.9 Å². The minimum absolute atomic E-state index is 0.0598. The molecule has 0 fully saturated rings. The van der Waals surface area contributed by atoms with Crippen LogP contribution in [0.4, 0.5) is 0 Å². The van der Waals surface area contributed by atoms with Gasteiger partial charge in [0, 0.05) is 17.1 Å². The zero-order chi connectivity index (χ0) is 19.6. The van der Waals surface area contributed by atoms with Crippen molar-refractivity contribution in [3.8, 4) is 5.75 Å². The molecule has 0 bridgehead atoms. The maximum Gasteiger partial charge on any atom is 0.344 e. The molecule has 6 nitrogen and oxygen atoms in total. The summed E-state index contributed by atoms with van der Waals surface area (Å²) in [7, 11) is 0. The summed E-state index contributed by atoms with van der Waals surface area (Å²) < 4.78 is 12.4. The highest BCUT2D eigenvalue weighted by molar-refractivity contribution is 7.15. The van der Waals surface area contributed by atoms with Crippen molar-refractivity contribution in [2.45, 2.75) is 40.2 Å². The normalized spacial score (nSPS) is 11.1. The Hall–Kier alpha value is -2.67. The van der Waals surface area contributed by atoms with Crippen LogP contribution >= 0.6 is 11.3 Å². The smallest absolute Gasteiger partial charge is 0.344 e. The molecule has 142 valence electrons. The molecule has 0 amide bonds. The Morgan fingerprint density at radius 3 is 2.78 bits per heavy atom. The van der Waals surface area contributed by atoms with Crippen LogP contribution in [0.2, 0.25) is 0 Å². The fourth-order valence-electron chi connectivity index (χ4n) is 2.75. The Morgan fingerprint density at radius 2 is 2.04 bits per heavy atom. The van der Waals surface area contributed by atoms with Gasteiger partial charge in [-0.3, -0.25) is 9.20 Å². The van der Waals surface area contributed by atoms with Crippen molar-refractivity contribution in [1.29, 1.82) is 0 Å². The molecule has 0 spiro atoms. The van der Waals surface area contributed by atoms with Gasteiger partial charge in [-0.15, -0.1) is 11.3 Å². The van der Waals surface area contributed by atoms with Crippen LogP contribution in [-0.4, -0.2) is 22.0 Å². The highest BCUT2D eigenvalue weighted by Crippen LogP contribution is 2.27. The van der Waals surface area contributed by atoms with Crippen molar-refractivity contribution in [3.63, 3.8) is 0 Å². The van der Waals surface area contributed by atoms with E-state index in [2.05, 4.69) is 18.8 Å². The third kappa shape index (κ3) is 4.36. The number of rotatable bonds is 6. The molecule has 0 N–H and O–H groups in total. The van der Waals surface area contributed by atoms with Gasteiger partial charge in [-0.05, 0) is 37.0 Å². The molecule has 0 atom stereocenters. The van der Waals surface area contributed by atoms with Gasteiger partial charge in [-0.1, -0.05) is 26.0 Å². The fraction of sp³-hybridized carbons (Fsp3) is 0.350. The predicted octanol–water partition coefficient (Wildman–Crippen LogP) is 3.62. The van der Waals surface area contributed by atoms with Crippen LogP contribution in [0.3, 0.4) is 0 Å². The van der Waals surface area contributed by atoms with E-state index >= 15 is 0 Å².